The van der Waals surface area contributed by atoms with Gasteiger partial charge in [0.05, 0.1) is 52.9 Å². The van der Waals surface area contributed by atoms with Crippen molar-refractivity contribution < 1.29 is 33.4 Å². The lowest BCUT2D eigenvalue weighted by atomic mass is 9.97. The van der Waals surface area contributed by atoms with Gasteiger partial charge in [-0.25, -0.2) is 9.59 Å². The van der Waals surface area contributed by atoms with E-state index < -0.39 is 18.1 Å². The normalized spacial score (nSPS) is 13.3. The third-order valence-electron chi connectivity index (χ3n) is 10.6. The number of nitrogens with zero attached hydrogens (tertiary/aromatic N) is 7. The van der Waals surface area contributed by atoms with Crippen LogP contribution >= 0.6 is 0 Å². The Kier molecular flexibility index (Phi) is 14.5. The molecule has 0 aliphatic carbocycles. The van der Waals surface area contributed by atoms with Crippen molar-refractivity contribution in [2.75, 3.05) is 42.0 Å². The second-order valence-electron chi connectivity index (χ2n) is 15.4. The number of azo groups is 2. The SMILES string of the molecule is C=CC(=O)OCCCCCCOc1ccc(C(=O)Oc2ccc(C3N(C(C)=O)c4cccc5c(N=Nc6ccc(N=Nc7ccc(N(C)C)cc7)cc6)ccc(c45)N3C(C)=O)cc2)cc1. The molecule has 1 aliphatic rings. The first-order chi connectivity index (χ1) is 31.5. The van der Waals surface area contributed by atoms with Crippen LogP contribution in [0.3, 0.4) is 0 Å². The zero-order chi connectivity index (χ0) is 45.9. The van der Waals surface area contributed by atoms with Gasteiger partial charge in [-0.3, -0.25) is 19.4 Å². The number of carbonyl (C=O) groups excluding carboxylic acids is 4. The maximum Gasteiger partial charge on any atom is 0.343 e. The number of hydrogen-bond donors (Lipinski definition) is 0. The molecule has 0 bridgehead atoms. The summed E-state index contributed by atoms with van der Waals surface area (Å²) in [6.07, 6.45) is 3.77. The molecule has 14 heteroatoms. The van der Waals surface area contributed by atoms with Gasteiger partial charge in [0.15, 0.2) is 0 Å². The van der Waals surface area contributed by atoms with Gasteiger partial charge in [0.25, 0.3) is 0 Å². The van der Waals surface area contributed by atoms with Crippen molar-refractivity contribution in [1.82, 2.24) is 0 Å². The lowest BCUT2D eigenvalue weighted by molar-refractivity contribution is -0.137. The molecular formula is C51H49N7O7. The summed E-state index contributed by atoms with van der Waals surface area (Å²) in [6, 6.07) is 37.7. The topological polar surface area (TPSA) is 155 Å². The molecule has 0 saturated carbocycles. The minimum Gasteiger partial charge on any atom is -0.494 e. The van der Waals surface area contributed by atoms with E-state index in [4.69, 9.17) is 14.2 Å². The lowest BCUT2D eigenvalue weighted by Gasteiger charge is -2.44. The molecule has 0 radical (unpaired) electrons. The molecule has 0 N–H and O–H groups in total. The van der Waals surface area contributed by atoms with Crippen molar-refractivity contribution >= 4 is 74.3 Å². The molecule has 2 amide bonds. The van der Waals surface area contributed by atoms with Crippen molar-refractivity contribution in [1.29, 1.82) is 0 Å². The highest BCUT2D eigenvalue weighted by molar-refractivity contribution is 6.18. The van der Waals surface area contributed by atoms with Gasteiger partial charge >= 0.3 is 11.9 Å². The number of esters is 2. The Morgan fingerprint density at radius 1 is 0.631 bits per heavy atom. The van der Waals surface area contributed by atoms with Gasteiger partial charge in [-0.1, -0.05) is 30.8 Å². The number of amides is 2. The minimum atomic E-state index is -0.831. The third kappa shape index (κ3) is 11.0. The van der Waals surface area contributed by atoms with E-state index in [-0.39, 0.29) is 11.8 Å². The molecule has 1 atom stereocenters. The molecular weight excluding hydrogens is 823 g/mol. The van der Waals surface area contributed by atoms with Crippen molar-refractivity contribution in [2.45, 2.75) is 45.7 Å². The summed E-state index contributed by atoms with van der Waals surface area (Å²) in [5.74, 6) is -0.597. The standard InChI is InChI=1S/C51H49N7O7/c1-6-48(61)64-33-10-8-7-9-32-63-42-26-16-37(17-27-42)51(62)65-43-28-14-36(15-29-43)50-57(34(2)59)46-13-11-12-44-45(30-31-47(49(44)46)58(50)35(3)60)55-54-39-20-18-38(19-21-39)52-53-40-22-24-41(25-23-40)56(4)5/h6,11-31,50H,1,7-10,32-33H2,2-5H3. The molecule has 1 unspecified atom stereocenters. The van der Waals surface area contributed by atoms with Gasteiger partial charge < -0.3 is 19.1 Å². The summed E-state index contributed by atoms with van der Waals surface area (Å²) in [7, 11) is 3.96. The highest BCUT2D eigenvalue weighted by atomic mass is 16.5. The van der Waals surface area contributed by atoms with Crippen molar-refractivity contribution in [2.24, 2.45) is 20.5 Å². The van der Waals surface area contributed by atoms with Crippen molar-refractivity contribution in [3.8, 4) is 11.5 Å². The zero-order valence-corrected chi connectivity index (χ0v) is 36.7. The van der Waals surface area contributed by atoms with E-state index in [2.05, 4.69) is 27.0 Å². The van der Waals surface area contributed by atoms with Crippen LogP contribution in [0.4, 0.5) is 39.8 Å². The monoisotopic (exact) mass is 871 g/mol. The number of anilines is 3. The minimum absolute atomic E-state index is 0.277. The van der Waals surface area contributed by atoms with E-state index in [9.17, 15) is 19.2 Å². The van der Waals surface area contributed by atoms with E-state index >= 15 is 0 Å². The first kappa shape index (κ1) is 45.0. The van der Waals surface area contributed by atoms with Gasteiger partial charge in [0.2, 0.25) is 11.8 Å². The molecule has 6 aromatic rings. The number of ether oxygens (including phenoxy) is 3. The van der Waals surface area contributed by atoms with Crippen LogP contribution in [0.5, 0.6) is 11.5 Å². The summed E-state index contributed by atoms with van der Waals surface area (Å²) < 4.78 is 16.5. The summed E-state index contributed by atoms with van der Waals surface area (Å²) in [4.78, 5) is 56.6. The molecule has 7 rings (SSSR count). The van der Waals surface area contributed by atoms with Crippen LogP contribution in [0.25, 0.3) is 10.8 Å². The molecule has 0 aromatic heterocycles. The van der Waals surface area contributed by atoms with Crippen LogP contribution in [-0.4, -0.2) is 51.1 Å². The summed E-state index contributed by atoms with van der Waals surface area (Å²) in [5.41, 5.74) is 5.84. The fourth-order valence-corrected chi connectivity index (χ4v) is 7.37. The third-order valence-corrected chi connectivity index (χ3v) is 10.6. The highest BCUT2D eigenvalue weighted by Gasteiger charge is 2.39. The molecule has 1 aliphatic heterocycles. The van der Waals surface area contributed by atoms with E-state index in [0.29, 0.717) is 75.0 Å². The van der Waals surface area contributed by atoms with Gasteiger partial charge in [-0.2, -0.15) is 15.3 Å². The van der Waals surface area contributed by atoms with Crippen molar-refractivity contribution in [3.05, 3.63) is 151 Å². The van der Waals surface area contributed by atoms with E-state index in [1.807, 2.05) is 85.7 Å². The lowest BCUT2D eigenvalue weighted by Crippen LogP contribution is -2.48. The van der Waals surface area contributed by atoms with Crippen LogP contribution in [-0.2, 0) is 19.1 Å². The van der Waals surface area contributed by atoms with Crippen LogP contribution in [0.2, 0.25) is 0 Å². The maximum absolute atomic E-state index is 13.6. The highest BCUT2D eigenvalue weighted by Crippen LogP contribution is 2.49. The van der Waals surface area contributed by atoms with Gasteiger partial charge in [-0.15, -0.1) is 5.11 Å². The van der Waals surface area contributed by atoms with Gasteiger partial charge in [0.1, 0.15) is 17.7 Å². The van der Waals surface area contributed by atoms with Gasteiger partial charge in [-0.05, 0) is 134 Å². The average Bonchev–Trinajstić information content (AvgIpc) is 3.31. The Morgan fingerprint density at radius 3 is 1.77 bits per heavy atom. The molecule has 14 nitrogen and oxygen atoms in total. The largest absolute Gasteiger partial charge is 0.494 e. The molecule has 1 heterocycles. The Balaban J connectivity index is 1.02. The second kappa shape index (κ2) is 20.9. The van der Waals surface area contributed by atoms with Crippen LogP contribution < -0.4 is 24.2 Å². The summed E-state index contributed by atoms with van der Waals surface area (Å²) >= 11 is 0. The Labute approximate surface area is 377 Å². The number of carbonyl (C=O) groups is 4. The molecule has 6 aromatic carbocycles. The van der Waals surface area contributed by atoms with E-state index in [0.717, 1.165) is 43.1 Å². The number of hydrogen-bond acceptors (Lipinski definition) is 12. The predicted octanol–water partition coefficient (Wildman–Crippen LogP) is 12.0. The first-order valence-electron chi connectivity index (χ1n) is 21.2. The fraction of sp³-hybridized carbons (Fsp3) is 0.216. The Bertz CT molecular complexity index is 2710. The van der Waals surface area contributed by atoms with E-state index in [1.54, 1.807) is 70.5 Å². The number of rotatable bonds is 17. The van der Waals surface area contributed by atoms with Gasteiger partial charge in [0, 0.05) is 50.5 Å². The second-order valence-corrected chi connectivity index (χ2v) is 15.4. The number of unbranched alkanes of at least 4 members (excludes halogenated alkanes) is 3. The fourth-order valence-electron chi connectivity index (χ4n) is 7.37. The summed E-state index contributed by atoms with van der Waals surface area (Å²) in [5, 5.41) is 19.2. The average molecular weight is 872 g/mol. The summed E-state index contributed by atoms with van der Waals surface area (Å²) in [6.45, 7) is 7.19. The van der Waals surface area contributed by atoms with Crippen molar-refractivity contribution in [3.63, 3.8) is 0 Å². The van der Waals surface area contributed by atoms with Crippen LogP contribution in [0, 0.1) is 0 Å². The van der Waals surface area contributed by atoms with E-state index in [1.165, 1.54) is 13.8 Å². The molecule has 0 spiro atoms. The molecule has 0 fully saturated rings. The molecule has 330 valence electrons. The Hall–Kier alpha value is -8.00. The smallest absolute Gasteiger partial charge is 0.343 e. The quantitative estimate of drug-likeness (QED) is 0.0288. The van der Waals surface area contributed by atoms with Crippen LogP contribution in [0.15, 0.2) is 161 Å². The zero-order valence-electron chi connectivity index (χ0n) is 36.7. The number of benzene rings is 6. The molecule has 65 heavy (non-hydrogen) atoms. The maximum atomic E-state index is 13.6. The first-order valence-corrected chi connectivity index (χ1v) is 21.2. The predicted molar refractivity (Wildman–Crippen MR) is 252 cm³/mol. The van der Waals surface area contributed by atoms with Crippen LogP contribution in [0.1, 0.15) is 61.6 Å². The Morgan fingerprint density at radius 2 is 1.18 bits per heavy atom. The molecule has 0 saturated heterocycles.